The molecule has 106 valence electrons. The lowest BCUT2D eigenvalue weighted by Gasteiger charge is -2.34. The first-order valence-corrected chi connectivity index (χ1v) is 12.0. The van der Waals surface area contributed by atoms with Gasteiger partial charge in [-0.3, -0.25) is 0 Å². The minimum absolute atomic E-state index is 0.792. The van der Waals surface area contributed by atoms with Gasteiger partial charge in [0.05, 0.1) is 0 Å². The number of hydrogen-bond donors (Lipinski definition) is 0. The van der Waals surface area contributed by atoms with Crippen LogP contribution in [0.25, 0.3) is 0 Å². The zero-order valence-electron chi connectivity index (χ0n) is 11.9. The van der Waals surface area contributed by atoms with Gasteiger partial charge in [0.2, 0.25) is 0 Å². The molecule has 1 atom stereocenters. The van der Waals surface area contributed by atoms with E-state index in [-0.39, 0.29) is 0 Å². The Labute approximate surface area is 127 Å². The molecule has 1 aliphatic carbocycles. The molecule has 1 aromatic carbocycles. The van der Waals surface area contributed by atoms with Gasteiger partial charge in [-0.05, 0) is 30.3 Å². The van der Waals surface area contributed by atoms with Crippen LogP contribution in [0, 0.1) is 0 Å². The molecule has 3 heteroatoms. The second-order valence-electron chi connectivity index (χ2n) is 5.41. The zero-order valence-corrected chi connectivity index (χ0v) is 14.4. The molecule has 1 aliphatic rings. The average Bonchev–Trinajstić information content (AvgIpc) is 2.49. The SMILES string of the molecule is CCCCSP(=S)(c1ccccc1)C1CCCCC1. The minimum atomic E-state index is -1.43. The summed E-state index contributed by atoms with van der Waals surface area (Å²) in [5.74, 6) is 1.25. The summed E-state index contributed by atoms with van der Waals surface area (Å²) in [6.07, 6.45) is 9.52. The van der Waals surface area contributed by atoms with E-state index in [1.54, 1.807) is 0 Å². The van der Waals surface area contributed by atoms with Crippen LogP contribution in [0.15, 0.2) is 30.3 Å². The van der Waals surface area contributed by atoms with Crippen molar-refractivity contribution in [3.05, 3.63) is 30.3 Å². The van der Waals surface area contributed by atoms with Gasteiger partial charge in [0.25, 0.3) is 0 Å². The van der Waals surface area contributed by atoms with Gasteiger partial charge < -0.3 is 0 Å². The first kappa shape index (κ1) is 15.6. The monoisotopic (exact) mass is 312 g/mol. The van der Waals surface area contributed by atoms with E-state index in [1.807, 2.05) is 0 Å². The van der Waals surface area contributed by atoms with Crippen molar-refractivity contribution < 1.29 is 0 Å². The Bertz CT molecular complexity index is 410. The first-order chi connectivity index (χ1) is 9.27. The molecular formula is C16H25PS2. The Morgan fingerprint density at radius 2 is 1.84 bits per heavy atom. The third-order valence-corrected chi connectivity index (χ3v) is 13.0. The van der Waals surface area contributed by atoms with Gasteiger partial charge in [-0.2, -0.15) is 0 Å². The van der Waals surface area contributed by atoms with Crippen molar-refractivity contribution in [3.63, 3.8) is 0 Å². The number of benzene rings is 1. The summed E-state index contributed by atoms with van der Waals surface area (Å²) in [6.45, 7) is 2.27. The Morgan fingerprint density at radius 3 is 2.47 bits per heavy atom. The van der Waals surface area contributed by atoms with Gasteiger partial charge in [0.15, 0.2) is 0 Å². The third-order valence-electron chi connectivity index (χ3n) is 3.95. The van der Waals surface area contributed by atoms with E-state index in [2.05, 4.69) is 48.6 Å². The molecule has 0 aromatic heterocycles. The average molecular weight is 312 g/mol. The second kappa shape index (κ2) is 7.86. The van der Waals surface area contributed by atoms with Gasteiger partial charge >= 0.3 is 0 Å². The predicted molar refractivity (Wildman–Crippen MR) is 94.6 cm³/mol. The molecule has 0 radical (unpaired) electrons. The van der Waals surface area contributed by atoms with Crippen LogP contribution in [0.2, 0.25) is 0 Å². The van der Waals surface area contributed by atoms with Crippen molar-refractivity contribution in [1.82, 2.24) is 0 Å². The summed E-state index contributed by atoms with van der Waals surface area (Å²) in [5.41, 5.74) is 0.792. The Morgan fingerprint density at radius 1 is 1.16 bits per heavy atom. The minimum Gasteiger partial charge on any atom is -0.119 e. The Hall–Kier alpha value is 0.220. The summed E-state index contributed by atoms with van der Waals surface area (Å²) >= 11 is 8.41. The fraction of sp³-hybridized carbons (Fsp3) is 0.625. The maximum atomic E-state index is 6.28. The Balaban J connectivity index is 2.19. The fourth-order valence-corrected chi connectivity index (χ4v) is 10.8. The standard InChI is InChI=1S/C16H25PS2/c1-2-3-14-19-17(18,15-10-6-4-7-11-15)16-12-8-5-9-13-16/h4,6-7,10-11,16H,2-3,5,8-9,12-14H2,1H3. The van der Waals surface area contributed by atoms with E-state index in [9.17, 15) is 0 Å². The number of hydrogen-bond acceptors (Lipinski definition) is 2. The number of unbranched alkanes of at least 4 members (excludes halogenated alkanes) is 1. The molecule has 1 aromatic rings. The zero-order chi connectivity index (χ0) is 13.6. The molecule has 1 unspecified atom stereocenters. The molecule has 0 aliphatic heterocycles. The smallest absolute Gasteiger partial charge is 0.0367 e. The molecule has 1 fully saturated rings. The lowest BCUT2D eigenvalue weighted by atomic mass is 10.0. The molecule has 0 heterocycles. The van der Waals surface area contributed by atoms with Gasteiger partial charge in [-0.25, -0.2) is 0 Å². The molecular weight excluding hydrogens is 287 g/mol. The molecule has 1 saturated carbocycles. The van der Waals surface area contributed by atoms with Crippen molar-refractivity contribution in [1.29, 1.82) is 0 Å². The van der Waals surface area contributed by atoms with Crippen LogP contribution in [0.5, 0.6) is 0 Å². The predicted octanol–water partition coefficient (Wildman–Crippen LogP) is 5.57. The summed E-state index contributed by atoms with van der Waals surface area (Å²) in [4.78, 5) is 0. The molecule has 0 nitrogen and oxygen atoms in total. The molecule has 0 spiro atoms. The molecule has 0 amide bonds. The summed E-state index contributed by atoms with van der Waals surface area (Å²) in [7, 11) is 0. The van der Waals surface area contributed by atoms with Crippen LogP contribution < -0.4 is 5.30 Å². The van der Waals surface area contributed by atoms with Crippen LogP contribution in [-0.2, 0) is 11.8 Å². The first-order valence-electron chi connectivity index (χ1n) is 7.57. The topological polar surface area (TPSA) is 0 Å². The highest BCUT2D eigenvalue weighted by molar-refractivity contribution is 8.73. The Kier molecular flexibility index (Phi) is 6.45. The van der Waals surface area contributed by atoms with E-state index >= 15 is 0 Å². The van der Waals surface area contributed by atoms with Gasteiger partial charge in [-0.1, -0.05) is 74.7 Å². The van der Waals surface area contributed by atoms with Gasteiger partial charge in [-0.15, -0.1) is 11.4 Å². The van der Waals surface area contributed by atoms with Crippen LogP contribution >= 0.6 is 16.6 Å². The molecule has 19 heavy (non-hydrogen) atoms. The van der Waals surface area contributed by atoms with E-state index < -0.39 is 5.24 Å². The van der Waals surface area contributed by atoms with Crippen molar-refractivity contribution in [2.24, 2.45) is 0 Å². The third kappa shape index (κ3) is 4.09. The maximum Gasteiger partial charge on any atom is 0.0367 e. The molecule has 2 rings (SSSR count). The van der Waals surface area contributed by atoms with Crippen molar-refractivity contribution in [3.8, 4) is 0 Å². The number of rotatable bonds is 6. The molecule has 0 N–H and O–H groups in total. The maximum absolute atomic E-state index is 6.28. The lowest BCUT2D eigenvalue weighted by Crippen LogP contribution is -2.18. The largest absolute Gasteiger partial charge is 0.119 e. The van der Waals surface area contributed by atoms with E-state index in [1.165, 1.54) is 56.0 Å². The van der Waals surface area contributed by atoms with Gasteiger partial charge in [0, 0.05) is 10.9 Å². The van der Waals surface area contributed by atoms with Gasteiger partial charge in [0.1, 0.15) is 0 Å². The van der Waals surface area contributed by atoms with E-state index in [4.69, 9.17) is 11.8 Å². The lowest BCUT2D eigenvalue weighted by molar-refractivity contribution is 0.513. The summed E-state index contributed by atoms with van der Waals surface area (Å²) in [6, 6.07) is 11.0. The highest BCUT2D eigenvalue weighted by Gasteiger charge is 2.31. The quantitative estimate of drug-likeness (QED) is 0.497. The fourth-order valence-electron chi connectivity index (χ4n) is 2.79. The molecule has 0 saturated heterocycles. The van der Waals surface area contributed by atoms with Crippen LogP contribution in [0.3, 0.4) is 0 Å². The molecule has 0 bridgehead atoms. The van der Waals surface area contributed by atoms with Crippen LogP contribution in [0.1, 0.15) is 51.9 Å². The van der Waals surface area contributed by atoms with Crippen LogP contribution in [0.4, 0.5) is 0 Å². The van der Waals surface area contributed by atoms with Crippen molar-refractivity contribution in [2.75, 3.05) is 5.75 Å². The summed E-state index contributed by atoms with van der Waals surface area (Å²) < 4.78 is 0. The van der Waals surface area contributed by atoms with Crippen molar-refractivity contribution >= 4 is 33.7 Å². The van der Waals surface area contributed by atoms with Crippen LogP contribution in [-0.4, -0.2) is 11.4 Å². The van der Waals surface area contributed by atoms with E-state index in [0.29, 0.717) is 0 Å². The summed E-state index contributed by atoms with van der Waals surface area (Å²) in [5, 5.41) is 0.0435. The highest BCUT2D eigenvalue weighted by atomic mass is 32.9. The highest BCUT2D eigenvalue weighted by Crippen LogP contribution is 2.65. The second-order valence-corrected chi connectivity index (χ2v) is 13.4. The normalized spacial score (nSPS) is 20.1. The van der Waals surface area contributed by atoms with E-state index in [0.717, 1.165) is 5.66 Å². The van der Waals surface area contributed by atoms with Crippen molar-refractivity contribution in [2.45, 2.75) is 57.5 Å².